The first-order valence-corrected chi connectivity index (χ1v) is 24.3. The Balaban J connectivity index is 1.09. The van der Waals surface area contributed by atoms with E-state index in [1.54, 1.807) is 11.1 Å². The van der Waals surface area contributed by atoms with E-state index in [-0.39, 0.29) is 21.7 Å². The molecule has 1 heteroatoms. The number of nitrogens with zero attached hydrogens (tertiary/aromatic N) is 1. The molecule has 0 saturated heterocycles. The maximum Gasteiger partial charge on any atom is 0.0540 e. The van der Waals surface area contributed by atoms with Crippen LogP contribution in [0.4, 0.5) is 17.1 Å². The molecule has 0 amide bonds. The van der Waals surface area contributed by atoms with Gasteiger partial charge in [0.1, 0.15) is 0 Å². The zero-order valence-corrected chi connectivity index (χ0v) is 39.2. The van der Waals surface area contributed by atoms with Gasteiger partial charge >= 0.3 is 0 Å². The van der Waals surface area contributed by atoms with Gasteiger partial charge in [-0.05, 0) is 169 Å². The zero-order valence-electron chi connectivity index (χ0n) is 39.2. The van der Waals surface area contributed by atoms with E-state index in [1.165, 1.54) is 116 Å². The molecule has 6 aliphatic carbocycles. The first kappa shape index (κ1) is 39.9. The minimum absolute atomic E-state index is 0.0164. The molecule has 1 nitrogen and oxygen atoms in total. The van der Waals surface area contributed by atoms with Gasteiger partial charge in [0, 0.05) is 27.8 Å². The molecule has 7 aromatic rings. The molecule has 4 saturated carbocycles. The van der Waals surface area contributed by atoms with Crippen LogP contribution in [0.5, 0.6) is 0 Å². The lowest BCUT2D eigenvalue weighted by Crippen LogP contribution is -2.55. The molecule has 1 spiro atoms. The molecule has 0 N–H and O–H groups in total. The molecule has 0 aliphatic heterocycles. The molecule has 0 heterocycles. The number of hydrogen-bond acceptors (Lipinski definition) is 1. The minimum atomic E-state index is -0.118. The maximum absolute atomic E-state index is 2.68. The summed E-state index contributed by atoms with van der Waals surface area (Å²) in [7, 11) is 0. The van der Waals surface area contributed by atoms with Gasteiger partial charge in [-0.25, -0.2) is 0 Å². The van der Waals surface area contributed by atoms with Gasteiger partial charge in [-0.3, -0.25) is 0 Å². The van der Waals surface area contributed by atoms with E-state index in [4.69, 9.17) is 0 Å². The summed E-state index contributed by atoms with van der Waals surface area (Å²) in [4.78, 5) is 2.63. The van der Waals surface area contributed by atoms with E-state index in [9.17, 15) is 0 Å². The van der Waals surface area contributed by atoms with Gasteiger partial charge in [0.05, 0.1) is 5.69 Å². The van der Waals surface area contributed by atoms with E-state index in [2.05, 4.69) is 212 Å². The Kier molecular flexibility index (Phi) is 8.68. The minimum Gasteiger partial charge on any atom is -0.310 e. The summed E-state index contributed by atoms with van der Waals surface area (Å²) in [5.74, 6) is 3.21. The number of benzene rings is 7. The van der Waals surface area contributed by atoms with E-state index in [1.807, 2.05) is 0 Å². The number of para-hydroxylation sites is 1. The van der Waals surface area contributed by atoms with Crippen molar-refractivity contribution in [2.24, 2.45) is 23.7 Å². The number of fused-ring (bicyclic) bond motifs is 6. The second kappa shape index (κ2) is 13.9. The Morgan fingerprint density at radius 3 is 1.45 bits per heavy atom. The molecule has 0 radical (unpaired) electrons. The van der Waals surface area contributed by atoms with Crippen LogP contribution in [0.25, 0.3) is 44.5 Å². The molecule has 0 atom stereocenters. The molecule has 64 heavy (non-hydrogen) atoms. The van der Waals surface area contributed by atoms with Crippen molar-refractivity contribution in [1.82, 2.24) is 0 Å². The van der Waals surface area contributed by atoms with Crippen LogP contribution in [-0.4, -0.2) is 0 Å². The predicted octanol–water partition coefficient (Wildman–Crippen LogP) is 17.1. The van der Waals surface area contributed by atoms with Crippen LogP contribution < -0.4 is 4.90 Å². The molecule has 0 unspecified atom stereocenters. The second-order valence-corrected chi connectivity index (χ2v) is 23.0. The van der Waals surface area contributed by atoms with Gasteiger partial charge in [-0.2, -0.15) is 0 Å². The van der Waals surface area contributed by atoms with Crippen LogP contribution in [0.15, 0.2) is 152 Å². The normalized spacial score (nSPS) is 23.2. The van der Waals surface area contributed by atoms with E-state index < -0.39 is 0 Å². The first-order chi connectivity index (χ1) is 30.7. The van der Waals surface area contributed by atoms with Gasteiger partial charge in [0.25, 0.3) is 0 Å². The standard InChI is InChI=1S/C63H63N/c1-60(2,3)42-34-41(35-43(36-42)61(4,5)6)48-17-9-10-18-49(48)54-21-13-16-24-59(54)64(46-25-27-52-50-19-11-14-22-55(50)62(7,8)57(52)37-46)47-26-28-53-51-20-12-15-23-56(51)63(58(53)38-47)44-30-39-29-40(32-44)33-45(63)31-39/h9-28,34-40,44-45H,29-33H2,1-8H3. The fraction of sp³-hybridized carbons (Fsp3) is 0.333. The molecule has 0 aromatic heterocycles. The average molecular weight is 834 g/mol. The Hall–Kier alpha value is -5.66. The summed E-state index contributed by atoms with van der Waals surface area (Å²) >= 11 is 0. The van der Waals surface area contributed by atoms with Gasteiger partial charge in [0.15, 0.2) is 0 Å². The van der Waals surface area contributed by atoms with Crippen LogP contribution in [0, 0.1) is 23.7 Å². The Morgan fingerprint density at radius 2 is 0.859 bits per heavy atom. The third-order valence-corrected chi connectivity index (χ3v) is 17.0. The lowest BCUT2D eigenvalue weighted by atomic mass is 9.43. The average Bonchev–Trinajstić information content (AvgIpc) is 3.70. The number of anilines is 3. The highest BCUT2D eigenvalue weighted by atomic mass is 15.1. The third kappa shape index (κ3) is 5.81. The molecule has 4 fully saturated rings. The highest BCUT2D eigenvalue weighted by Crippen LogP contribution is 2.70. The Labute approximate surface area is 382 Å². The van der Waals surface area contributed by atoms with Crippen molar-refractivity contribution in [3.05, 3.63) is 185 Å². The van der Waals surface area contributed by atoms with Crippen molar-refractivity contribution in [2.75, 3.05) is 4.90 Å². The van der Waals surface area contributed by atoms with Crippen molar-refractivity contribution in [3.63, 3.8) is 0 Å². The van der Waals surface area contributed by atoms with Gasteiger partial charge in [0.2, 0.25) is 0 Å². The summed E-state index contributed by atoms with van der Waals surface area (Å²) in [5, 5.41) is 0. The zero-order chi connectivity index (χ0) is 43.9. The third-order valence-electron chi connectivity index (χ3n) is 17.0. The quantitative estimate of drug-likeness (QED) is 0.167. The summed E-state index contributed by atoms with van der Waals surface area (Å²) in [6.45, 7) is 18.9. The molecular weight excluding hydrogens is 771 g/mol. The summed E-state index contributed by atoms with van der Waals surface area (Å²) in [5.41, 5.74) is 23.1. The van der Waals surface area contributed by atoms with E-state index >= 15 is 0 Å². The highest BCUT2D eigenvalue weighted by molar-refractivity contribution is 5.96. The summed E-state index contributed by atoms with van der Waals surface area (Å²) in [6.07, 6.45) is 6.97. The maximum atomic E-state index is 2.68. The van der Waals surface area contributed by atoms with Gasteiger partial charge in [-0.15, -0.1) is 0 Å². The molecule has 13 rings (SSSR count). The van der Waals surface area contributed by atoms with Crippen LogP contribution in [0.2, 0.25) is 0 Å². The van der Waals surface area contributed by atoms with Crippen molar-refractivity contribution >= 4 is 17.1 Å². The predicted molar refractivity (Wildman–Crippen MR) is 270 cm³/mol. The Bertz CT molecular complexity index is 2960. The second-order valence-electron chi connectivity index (χ2n) is 23.0. The number of rotatable bonds is 5. The van der Waals surface area contributed by atoms with Crippen molar-refractivity contribution in [2.45, 2.75) is 109 Å². The van der Waals surface area contributed by atoms with E-state index in [0.717, 1.165) is 11.8 Å². The van der Waals surface area contributed by atoms with Crippen LogP contribution in [-0.2, 0) is 21.7 Å². The molecular formula is C63H63N. The van der Waals surface area contributed by atoms with E-state index in [0.29, 0.717) is 11.8 Å². The van der Waals surface area contributed by atoms with Crippen molar-refractivity contribution in [1.29, 1.82) is 0 Å². The SMILES string of the molecule is CC(C)(C)c1cc(-c2ccccc2-c2ccccc2N(c2ccc3c(c2)C(C)(C)c2ccccc2-3)c2ccc3c(c2)C2(c4ccccc4-3)C3CC4CC(C3)CC2C4)cc(C(C)(C)C)c1. The Morgan fingerprint density at radius 1 is 0.406 bits per heavy atom. The fourth-order valence-electron chi connectivity index (χ4n) is 14.1. The largest absolute Gasteiger partial charge is 0.310 e. The molecule has 4 bridgehead atoms. The lowest BCUT2D eigenvalue weighted by Gasteiger charge is -2.61. The van der Waals surface area contributed by atoms with Crippen LogP contribution >= 0.6 is 0 Å². The lowest BCUT2D eigenvalue weighted by molar-refractivity contribution is -0.0399. The number of hydrogen-bond donors (Lipinski definition) is 0. The smallest absolute Gasteiger partial charge is 0.0540 e. The molecule has 6 aliphatic rings. The fourth-order valence-corrected chi connectivity index (χ4v) is 14.1. The first-order valence-electron chi connectivity index (χ1n) is 24.3. The topological polar surface area (TPSA) is 3.24 Å². The van der Waals surface area contributed by atoms with Crippen molar-refractivity contribution < 1.29 is 0 Å². The molecule has 7 aromatic carbocycles. The van der Waals surface area contributed by atoms with Gasteiger partial charge < -0.3 is 4.90 Å². The van der Waals surface area contributed by atoms with Crippen molar-refractivity contribution in [3.8, 4) is 44.5 Å². The van der Waals surface area contributed by atoms with Crippen LogP contribution in [0.3, 0.4) is 0 Å². The summed E-state index contributed by atoms with van der Waals surface area (Å²) in [6, 6.07) is 59.3. The summed E-state index contributed by atoms with van der Waals surface area (Å²) < 4.78 is 0. The molecule has 320 valence electrons. The monoisotopic (exact) mass is 833 g/mol. The van der Waals surface area contributed by atoms with Gasteiger partial charge in [-0.1, -0.05) is 177 Å². The van der Waals surface area contributed by atoms with Crippen LogP contribution in [0.1, 0.15) is 121 Å². The highest BCUT2D eigenvalue weighted by Gasteiger charge is 2.61.